The Morgan fingerprint density at radius 1 is 0.889 bits per heavy atom. The number of rotatable bonds is 3. The molecule has 0 unspecified atom stereocenters. The van der Waals surface area contributed by atoms with Crippen molar-refractivity contribution in [2.45, 2.75) is 85.1 Å². The van der Waals surface area contributed by atoms with E-state index in [0.29, 0.717) is 10.8 Å². The summed E-state index contributed by atoms with van der Waals surface area (Å²) in [6, 6.07) is 0.755. The lowest BCUT2D eigenvalue weighted by molar-refractivity contribution is 0.0824. The Morgan fingerprint density at radius 3 is 2.00 bits per heavy atom. The normalized spacial score (nSPS) is 29.3. The van der Waals surface area contributed by atoms with Crippen LogP contribution in [0.5, 0.6) is 0 Å². The number of nitrogens with one attached hydrogen (secondary N) is 1. The van der Waals surface area contributed by atoms with Crippen molar-refractivity contribution in [2.75, 3.05) is 6.54 Å². The summed E-state index contributed by atoms with van der Waals surface area (Å²) in [5, 5.41) is 3.90. The van der Waals surface area contributed by atoms with E-state index in [9.17, 15) is 0 Å². The summed E-state index contributed by atoms with van der Waals surface area (Å²) in [4.78, 5) is 0. The van der Waals surface area contributed by atoms with E-state index in [1.807, 2.05) is 0 Å². The average molecular weight is 251 g/mol. The molecule has 2 saturated carbocycles. The van der Waals surface area contributed by atoms with Gasteiger partial charge in [0.1, 0.15) is 0 Å². The largest absolute Gasteiger partial charge is 0.314 e. The summed E-state index contributed by atoms with van der Waals surface area (Å²) >= 11 is 0. The second-order valence-corrected chi connectivity index (χ2v) is 8.52. The second-order valence-electron chi connectivity index (χ2n) is 8.52. The monoisotopic (exact) mass is 251 g/mol. The molecule has 0 aromatic carbocycles. The fraction of sp³-hybridized carbons (Fsp3) is 1.00. The van der Waals surface area contributed by atoms with E-state index in [4.69, 9.17) is 0 Å². The molecular weight excluding hydrogens is 218 g/mol. The molecule has 1 heteroatoms. The second kappa shape index (κ2) is 5.53. The Morgan fingerprint density at radius 2 is 1.44 bits per heavy atom. The molecule has 0 saturated heterocycles. The Hall–Kier alpha value is -0.0400. The van der Waals surface area contributed by atoms with Gasteiger partial charge in [0.25, 0.3) is 0 Å². The molecule has 1 nitrogen and oxygen atoms in total. The molecule has 0 bridgehead atoms. The molecular formula is C17H33N. The van der Waals surface area contributed by atoms with Crippen molar-refractivity contribution in [3.05, 3.63) is 0 Å². The fourth-order valence-electron chi connectivity index (χ4n) is 4.71. The SMILES string of the molecule is CC1(C)CC(NCC2CCCCC2)CC(C)(C)C1. The van der Waals surface area contributed by atoms with E-state index in [2.05, 4.69) is 33.0 Å². The molecule has 0 radical (unpaired) electrons. The van der Waals surface area contributed by atoms with Crippen molar-refractivity contribution in [3.8, 4) is 0 Å². The zero-order chi connectivity index (χ0) is 13.2. The minimum atomic E-state index is 0.520. The van der Waals surface area contributed by atoms with Gasteiger partial charge < -0.3 is 5.32 Å². The first-order valence-corrected chi connectivity index (χ1v) is 8.10. The van der Waals surface area contributed by atoms with Gasteiger partial charge in [-0.1, -0.05) is 47.0 Å². The summed E-state index contributed by atoms with van der Waals surface area (Å²) in [7, 11) is 0. The van der Waals surface area contributed by atoms with E-state index < -0.39 is 0 Å². The predicted octanol–water partition coefficient (Wildman–Crippen LogP) is 4.76. The predicted molar refractivity (Wildman–Crippen MR) is 79.8 cm³/mol. The van der Waals surface area contributed by atoms with Gasteiger partial charge in [-0.3, -0.25) is 0 Å². The van der Waals surface area contributed by atoms with Crippen molar-refractivity contribution >= 4 is 0 Å². The molecule has 106 valence electrons. The fourth-order valence-corrected chi connectivity index (χ4v) is 4.71. The molecule has 0 aliphatic heterocycles. The highest BCUT2D eigenvalue weighted by atomic mass is 14.9. The van der Waals surface area contributed by atoms with Crippen LogP contribution >= 0.6 is 0 Å². The summed E-state index contributed by atoms with van der Waals surface area (Å²) in [5.41, 5.74) is 1.04. The maximum Gasteiger partial charge on any atom is 0.00773 e. The smallest absolute Gasteiger partial charge is 0.00773 e. The first-order chi connectivity index (χ1) is 8.36. The van der Waals surface area contributed by atoms with Gasteiger partial charge in [0.2, 0.25) is 0 Å². The van der Waals surface area contributed by atoms with Crippen LogP contribution in [0.25, 0.3) is 0 Å². The molecule has 18 heavy (non-hydrogen) atoms. The minimum Gasteiger partial charge on any atom is -0.314 e. The lowest BCUT2D eigenvalue weighted by Gasteiger charge is -2.45. The molecule has 2 aliphatic rings. The number of hydrogen-bond donors (Lipinski definition) is 1. The van der Waals surface area contributed by atoms with E-state index in [1.54, 1.807) is 0 Å². The lowest BCUT2D eigenvalue weighted by Crippen LogP contribution is -2.45. The third-order valence-corrected chi connectivity index (χ3v) is 4.98. The Bertz CT molecular complexity index is 245. The summed E-state index contributed by atoms with van der Waals surface area (Å²) in [6.45, 7) is 11.1. The summed E-state index contributed by atoms with van der Waals surface area (Å²) in [5.74, 6) is 0.965. The molecule has 0 aromatic heterocycles. The van der Waals surface area contributed by atoms with Crippen LogP contribution in [0.1, 0.15) is 79.1 Å². The standard InChI is InChI=1S/C17H33N/c1-16(2)10-15(11-17(3,4)13-16)18-12-14-8-6-5-7-9-14/h14-15,18H,5-13H2,1-4H3. The van der Waals surface area contributed by atoms with E-state index >= 15 is 0 Å². The van der Waals surface area contributed by atoms with Crippen LogP contribution < -0.4 is 5.32 Å². The summed E-state index contributed by atoms with van der Waals surface area (Å²) < 4.78 is 0. The molecule has 2 aliphatic carbocycles. The van der Waals surface area contributed by atoms with Crippen LogP contribution in [0.2, 0.25) is 0 Å². The topological polar surface area (TPSA) is 12.0 Å². The molecule has 2 rings (SSSR count). The third-order valence-electron chi connectivity index (χ3n) is 4.98. The minimum absolute atomic E-state index is 0.520. The van der Waals surface area contributed by atoms with Gasteiger partial charge in [0.15, 0.2) is 0 Å². The zero-order valence-corrected chi connectivity index (χ0v) is 13.0. The van der Waals surface area contributed by atoms with Crippen LogP contribution in [0.4, 0.5) is 0 Å². The average Bonchev–Trinajstić information content (AvgIpc) is 2.24. The van der Waals surface area contributed by atoms with Gasteiger partial charge in [0, 0.05) is 6.04 Å². The van der Waals surface area contributed by atoms with Crippen LogP contribution in [0.15, 0.2) is 0 Å². The molecule has 2 fully saturated rings. The van der Waals surface area contributed by atoms with E-state index in [-0.39, 0.29) is 0 Å². The van der Waals surface area contributed by atoms with Gasteiger partial charge >= 0.3 is 0 Å². The highest BCUT2D eigenvalue weighted by Crippen LogP contribution is 2.45. The van der Waals surface area contributed by atoms with Crippen LogP contribution in [-0.2, 0) is 0 Å². The van der Waals surface area contributed by atoms with Crippen LogP contribution in [-0.4, -0.2) is 12.6 Å². The van der Waals surface area contributed by atoms with Crippen LogP contribution in [0.3, 0.4) is 0 Å². The molecule has 0 aromatic rings. The van der Waals surface area contributed by atoms with Crippen LogP contribution in [0, 0.1) is 16.7 Å². The number of hydrogen-bond acceptors (Lipinski definition) is 1. The van der Waals surface area contributed by atoms with E-state index in [1.165, 1.54) is 57.9 Å². The molecule has 0 atom stereocenters. The first kappa shape index (κ1) is 14.4. The van der Waals surface area contributed by atoms with Crippen molar-refractivity contribution < 1.29 is 0 Å². The molecule has 0 spiro atoms. The quantitative estimate of drug-likeness (QED) is 0.762. The lowest BCUT2D eigenvalue weighted by atomic mass is 9.63. The Labute approximate surface area is 114 Å². The maximum atomic E-state index is 3.90. The van der Waals surface area contributed by atoms with Gasteiger partial charge in [-0.15, -0.1) is 0 Å². The van der Waals surface area contributed by atoms with Gasteiger partial charge in [-0.25, -0.2) is 0 Å². The maximum absolute atomic E-state index is 3.90. The Balaban J connectivity index is 1.81. The van der Waals surface area contributed by atoms with Gasteiger partial charge in [-0.2, -0.15) is 0 Å². The molecule has 0 heterocycles. The summed E-state index contributed by atoms with van der Waals surface area (Å²) in [6.07, 6.45) is 11.4. The highest BCUT2D eigenvalue weighted by Gasteiger charge is 2.38. The molecule has 1 N–H and O–H groups in total. The van der Waals surface area contributed by atoms with Crippen molar-refractivity contribution in [1.82, 2.24) is 5.32 Å². The third kappa shape index (κ3) is 4.26. The van der Waals surface area contributed by atoms with Gasteiger partial charge in [-0.05, 0) is 55.4 Å². The Kier molecular flexibility index (Phi) is 4.41. The van der Waals surface area contributed by atoms with Crippen molar-refractivity contribution in [2.24, 2.45) is 16.7 Å². The molecule has 0 amide bonds. The first-order valence-electron chi connectivity index (χ1n) is 8.10. The zero-order valence-electron chi connectivity index (χ0n) is 13.0. The highest BCUT2D eigenvalue weighted by molar-refractivity contribution is 4.92. The van der Waals surface area contributed by atoms with Gasteiger partial charge in [0.05, 0.1) is 0 Å². The van der Waals surface area contributed by atoms with Crippen molar-refractivity contribution in [3.63, 3.8) is 0 Å². The van der Waals surface area contributed by atoms with E-state index in [0.717, 1.165) is 12.0 Å². The van der Waals surface area contributed by atoms with Crippen molar-refractivity contribution in [1.29, 1.82) is 0 Å².